The van der Waals surface area contributed by atoms with Crippen molar-refractivity contribution >= 4 is 45.5 Å². The summed E-state index contributed by atoms with van der Waals surface area (Å²) in [5, 5.41) is 8.63. The number of thiazole rings is 1. The van der Waals surface area contributed by atoms with Gasteiger partial charge in [-0.1, -0.05) is 109 Å². The Bertz CT molecular complexity index is 883. The van der Waals surface area contributed by atoms with Gasteiger partial charge in [-0.2, -0.15) is 0 Å². The van der Waals surface area contributed by atoms with E-state index in [1.165, 1.54) is 120 Å². The zero-order valence-corrected chi connectivity index (χ0v) is 23.7. The summed E-state index contributed by atoms with van der Waals surface area (Å²) in [5.74, 6) is -1.54. The molecule has 7 heteroatoms. The van der Waals surface area contributed by atoms with Gasteiger partial charge in [0.15, 0.2) is 4.34 Å². The monoisotopic (exact) mass is 535 g/mol. The van der Waals surface area contributed by atoms with Gasteiger partial charge in [-0.25, -0.2) is 4.98 Å². The SMILES string of the molecule is CCCCCCCCCCCCCCCCCCc1ccc2sc(SOC(=O)CCC(=O)O)nc2c1. The standard InChI is InChI=1S/C29H45NO4S2/c1-2-3-4-5-6-7-8-9-10-11-12-13-14-15-16-17-18-24-19-20-26-25(23-24)30-29(35-26)36-34-28(33)22-21-27(31)32/h19-20,23H,2-18,21-22H2,1H3,(H,31,32). The van der Waals surface area contributed by atoms with Crippen molar-refractivity contribution in [3.63, 3.8) is 0 Å². The molecule has 0 aliphatic carbocycles. The quantitative estimate of drug-likeness (QED) is 0.119. The molecular formula is C29H45NO4S2. The predicted octanol–water partition coefficient (Wildman–Crippen LogP) is 9.52. The summed E-state index contributed by atoms with van der Waals surface area (Å²) in [7, 11) is 0. The van der Waals surface area contributed by atoms with Crippen LogP contribution >= 0.6 is 23.4 Å². The van der Waals surface area contributed by atoms with Gasteiger partial charge in [0, 0.05) is 0 Å². The van der Waals surface area contributed by atoms with E-state index in [-0.39, 0.29) is 12.8 Å². The number of benzene rings is 1. The van der Waals surface area contributed by atoms with Crippen LogP contribution in [0.2, 0.25) is 0 Å². The summed E-state index contributed by atoms with van der Waals surface area (Å²) in [6, 6.07) is 6.39. The first-order chi connectivity index (χ1) is 17.6. The first-order valence-corrected chi connectivity index (χ1v) is 15.6. The normalized spacial score (nSPS) is 11.2. The van der Waals surface area contributed by atoms with E-state index in [0.29, 0.717) is 4.34 Å². The maximum absolute atomic E-state index is 11.6. The van der Waals surface area contributed by atoms with E-state index in [4.69, 9.17) is 9.29 Å². The Kier molecular flexibility index (Phi) is 16.6. The highest BCUT2D eigenvalue weighted by atomic mass is 32.2. The van der Waals surface area contributed by atoms with Gasteiger partial charge in [-0.3, -0.25) is 9.59 Å². The predicted molar refractivity (Wildman–Crippen MR) is 152 cm³/mol. The van der Waals surface area contributed by atoms with E-state index in [1.54, 1.807) is 0 Å². The molecule has 0 saturated carbocycles. The lowest BCUT2D eigenvalue weighted by atomic mass is 10.0. The molecular weight excluding hydrogens is 490 g/mol. The number of fused-ring (bicyclic) bond motifs is 1. The summed E-state index contributed by atoms with van der Waals surface area (Å²) in [6.45, 7) is 2.28. The highest BCUT2D eigenvalue weighted by Crippen LogP contribution is 2.31. The molecule has 1 aromatic heterocycles. The molecule has 0 fully saturated rings. The van der Waals surface area contributed by atoms with Gasteiger partial charge in [0.2, 0.25) is 0 Å². The number of rotatable bonds is 22. The fourth-order valence-corrected chi connectivity index (χ4v) is 5.92. The molecule has 1 aromatic carbocycles. The topological polar surface area (TPSA) is 76.5 Å². The van der Waals surface area contributed by atoms with E-state index >= 15 is 0 Å². The number of aryl methyl sites for hydroxylation is 1. The molecule has 2 rings (SSSR count). The Morgan fingerprint density at radius 3 is 1.94 bits per heavy atom. The summed E-state index contributed by atoms with van der Waals surface area (Å²) < 4.78 is 6.79. The number of unbranched alkanes of at least 4 members (excludes halogenated alkanes) is 15. The number of carboxylic acid groups (broad SMARTS) is 1. The third kappa shape index (κ3) is 14.2. The average molecular weight is 536 g/mol. The second-order valence-corrected chi connectivity index (χ2v) is 11.8. The first-order valence-electron chi connectivity index (χ1n) is 14.1. The number of aliphatic carboxylic acids is 1. The Morgan fingerprint density at radius 1 is 0.833 bits per heavy atom. The molecule has 0 atom stereocenters. The molecule has 0 aliphatic heterocycles. The minimum absolute atomic E-state index is 0.128. The van der Waals surface area contributed by atoms with Gasteiger partial charge in [-0.05, 0) is 30.5 Å². The van der Waals surface area contributed by atoms with Gasteiger partial charge in [0.1, 0.15) is 12.0 Å². The van der Waals surface area contributed by atoms with E-state index in [1.807, 2.05) is 0 Å². The van der Waals surface area contributed by atoms with E-state index in [0.717, 1.165) is 28.7 Å². The van der Waals surface area contributed by atoms with Crippen molar-refractivity contribution in [2.75, 3.05) is 0 Å². The van der Waals surface area contributed by atoms with Crippen molar-refractivity contribution in [2.45, 2.75) is 133 Å². The number of hydrogen-bond donors (Lipinski definition) is 1. The van der Waals surface area contributed by atoms with Gasteiger partial charge >= 0.3 is 11.9 Å². The van der Waals surface area contributed by atoms with Crippen molar-refractivity contribution in [3.8, 4) is 0 Å². The Morgan fingerprint density at radius 2 is 1.39 bits per heavy atom. The van der Waals surface area contributed by atoms with Crippen LogP contribution in [0.5, 0.6) is 0 Å². The lowest BCUT2D eigenvalue weighted by Gasteiger charge is -2.04. The Labute approximate surface area is 226 Å². The molecule has 0 saturated heterocycles. The van der Waals surface area contributed by atoms with E-state index in [2.05, 4.69) is 30.1 Å². The summed E-state index contributed by atoms with van der Waals surface area (Å²) in [5.41, 5.74) is 2.23. The van der Waals surface area contributed by atoms with Crippen molar-refractivity contribution in [3.05, 3.63) is 23.8 Å². The maximum Gasteiger partial charge on any atom is 0.318 e. The van der Waals surface area contributed by atoms with Crippen LogP contribution in [-0.2, 0) is 20.2 Å². The second-order valence-electron chi connectivity index (χ2n) is 9.77. The number of hydrogen-bond acceptors (Lipinski definition) is 6. The maximum atomic E-state index is 11.6. The summed E-state index contributed by atoms with van der Waals surface area (Å²) in [4.78, 5) is 26.7. The Balaban J connectivity index is 1.48. The smallest absolute Gasteiger partial charge is 0.318 e. The summed E-state index contributed by atoms with van der Waals surface area (Å²) >= 11 is 2.40. The Hall–Kier alpha value is -1.60. The van der Waals surface area contributed by atoms with Crippen LogP contribution in [0.3, 0.4) is 0 Å². The second kappa shape index (κ2) is 19.5. The fourth-order valence-electron chi connectivity index (χ4n) is 4.35. The third-order valence-corrected chi connectivity index (χ3v) is 8.29. The van der Waals surface area contributed by atoms with Crippen LogP contribution in [0.15, 0.2) is 22.5 Å². The highest BCUT2D eigenvalue weighted by Gasteiger charge is 2.11. The minimum atomic E-state index is -1.01. The van der Waals surface area contributed by atoms with Gasteiger partial charge < -0.3 is 9.29 Å². The average Bonchev–Trinajstić information content (AvgIpc) is 3.28. The zero-order chi connectivity index (χ0) is 25.8. The van der Waals surface area contributed by atoms with Crippen LogP contribution in [0.1, 0.15) is 128 Å². The number of nitrogens with zero attached hydrogens (tertiary/aromatic N) is 1. The highest BCUT2D eigenvalue weighted by molar-refractivity contribution is 7.97. The number of carboxylic acids is 1. The lowest BCUT2D eigenvalue weighted by molar-refractivity contribution is -0.141. The van der Waals surface area contributed by atoms with Gasteiger partial charge in [0.05, 0.1) is 23.1 Å². The van der Waals surface area contributed by atoms with Gasteiger partial charge in [0.25, 0.3) is 0 Å². The van der Waals surface area contributed by atoms with Crippen molar-refractivity contribution in [1.29, 1.82) is 0 Å². The number of carbonyl (C=O) groups is 2. The molecule has 36 heavy (non-hydrogen) atoms. The molecule has 0 aliphatic rings. The third-order valence-electron chi connectivity index (χ3n) is 6.50. The number of carbonyl (C=O) groups excluding carboxylic acids is 1. The minimum Gasteiger partial charge on any atom is -0.481 e. The van der Waals surface area contributed by atoms with E-state index < -0.39 is 11.9 Å². The molecule has 202 valence electrons. The van der Waals surface area contributed by atoms with Crippen molar-refractivity contribution in [2.24, 2.45) is 0 Å². The van der Waals surface area contributed by atoms with Crippen molar-refractivity contribution in [1.82, 2.24) is 4.98 Å². The molecule has 0 bridgehead atoms. The first kappa shape index (κ1) is 30.6. The van der Waals surface area contributed by atoms with Crippen LogP contribution in [-0.4, -0.2) is 22.0 Å². The molecule has 0 spiro atoms. The van der Waals surface area contributed by atoms with Crippen LogP contribution in [0.4, 0.5) is 0 Å². The molecule has 1 heterocycles. The molecule has 0 radical (unpaired) electrons. The van der Waals surface area contributed by atoms with Gasteiger partial charge in [-0.15, -0.1) is 11.3 Å². The molecule has 5 nitrogen and oxygen atoms in total. The number of aromatic nitrogens is 1. The zero-order valence-electron chi connectivity index (χ0n) is 22.1. The van der Waals surface area contributed by atoms with Crippen LogP contribution in [0, 0.1) is 0 Å². The molecule has 1 N–H and O–H groups in total. The van der Waals surface area contributed by atoms with Crippen molar-refractivity contribution < 1.29 is 18.9 Å². The van der Waals surface area contributed by atoms with Crippen LogP contribution < -0.4 is 0 Å². The van der Waals surface area contributed by atoms with Crippen LogP contribution in [0.25, 0.3) is 10.2 Å². The lowest BCUT2D eigenvalue weighted by Crippen LogP contribution is -2.03. The summed E-state index contributed by atoms with van der Waals surface area (Å²) in [6.07, 6.45) is 22.8. The largest absolute Gasteiger partial charge is 0.481 e. The molecule has 0 unspecified atom stereocenters. The fraction of sp³-hybridized carbons (Fsp3) is 0.690. The molecule has 2 aromatic rings. The van der Waals surface area contributed by atoms with E-state index in [9.17, 15) is 9.59 Å². The molecule has 0 amide bonds.